The average molecular weight is 415 g/mol. The van der Waals surface area contributed by atoms with Gasteiger partial charge < -0.3 is 9.64 Å². The van der Waals surface area contributed by atoms with Crippen LogP contribution in [0.3, 0.4) is 0 Å². The minimum atomic E-state index is 0.544. The maximum absolute atomic E-state index is 5.94. The molecule has 0 bridgehead atoms. The largest absolute Gasteiger partial charge is 0.439 e. The smallest absolute Gasteiger partial charge is 0.219 e. The fourth-order valence-electron chi connectivity index (χ4n) is 4.12. The van der Waals surface area contributed by atoms with Gasteiger partial charge in [-0.3, -0.25) is 15.0 Å². The van der Waals surface area contributed by atoms with Crippen LogP contribution in [0.5, 0.6) is 11.6 Å². The van der Waals surface area contributed by atoms with Crippen molar-refractivity contribution in [3.63, 3.8) is 0 Å². The van der Waals surface area contributed by atoms with Crippen molar-refractivity contribution in [2.75, 3.05) is 27.2 Å². The number of nitrogens with one attached hydrogen (secondary N) is 1. The monoisotopic (exact) mass is 414 g/mol. The van der Waals surface area contributed by atoms with Gasteiger partial charge in [-0.1, -0.05) is 0 Å². The highest BCUT2D eigenvalue weighted by molar-refractivity contribution is 5.80. The first-order chi connectivity index (χ1) is 15.1. The second kappa shape index (κ2) is 8.45. The van der Waals surface area contributed by atoms with Gasteiger partial charge in [0.25, 0.3) is 0 Å². The summed E-state index contributed by atoms with van der Waals surface area (Å²) < 4.78 is 5.94. The third kappa shape index (κ3) is 4.42. The SMILES string of the molecule is CN1CCC(N(C)Cc2cnc3cc(Oc4ccc(-c5ccn[nH]5)cn4)ccc3c2)C1. The van der Waals surface area contributed by atoms with Gasteiger partial charge in [-0.05, 0) is 63.0 Å². The molecule has 3 aromatic heterocycles. The first kappa shape index (κ1) is 19.7. The summed E-state index contributed by atoms with van der Waals surface area (Å²) in [5, 5.41) is 8.01. The van der Waals surface area contributed by atoms with Crippen LogP contribution in [-0.4, -0.2) is 63.2 Å². The van der Waals surface area contributed by atoms with Gasteiger partial charge in [0.05, 0.1) is 11.2 Å². The van der Waals surface area contributed by atoms with Crippen LogP contribution in [0, 0.1) is 0 Å². The third-order valence-corrected chi connectivity index (χ3v) is 5.90. The molecule has 0 radical (unpaired) electrons. The molecule has 1 aliphatic heterocycles. The Morgan fingerprint density at radius 3 is 2.81 bits per heavy atom. The normalized spacial score (nSPS) is 16.9. The fourth-order valence-corrected chi connectivity index (χ4v) is 4.12. The Morgan fingerprint density at radius 1 is 1.13 bits per heavy atom. The molecule has 4 heterocycles. The van der Waals surface area contributed by atoms with Crippen LogP contribution in [0.2, 0.25) is 0 Å². The van der Waals surface area contributed by atoms with E-state index in [1.807, 2.05) is 36.5 Å². The van der Waals surface area contributed by atoms with Gasteiger partial charge >= 0.3 is 0 Å². The van der Waals surface area contributed by atoms with Crippen molar-refractivity contribution >= 4 is 10.9 Å². The number of pyridine rings is 2. The summed E-state index contributed by atoms with van der Waals surface area (Å²) >= 11 is 0. The van der Waals surface area contributed by atoms with Crippen molar-refractivity contribution in [2.24, 2.45) is 0 Å². The molecule has 0 amide bonds. The van der Waals surface area contributed by atoms with Gasteiger partial charge in [-0.25, -0.2) is 4.98 Å². The third-order valence-electron chi connectivity index (χ3n) is 5.90. The summed E-state index contributed by atoms with van der Waals surface area (Å²) in [6.45, 7) is 3.22. The Bertz CT molecular complexity index is 1160. The van der Waals surface area contributed by atoms with Crippen LogP contribution in [0.25, 0.3) is 22.2 Å². The van der Waals surface area contributed by atoms with Gasteiger partial charge in [0.2, 0.25) is 5.88 Å². The van der Waals surface area contributed by atoms with E-state index in [2.05, 4.69) is 56.2 Å². The Hall–Kier alpha value is -3.29. The van der Waals surface area contributed by atoms with E-state index in [0.29, 0.717) is 11.9 Å². The van der Waals surface area contributed by atoms with Crippen LogP contribution in [-0.2, 0) is 6.54 Å². The minimum absolute atomic E-state index is 0.544. The summed E-state index contributed by atoms with van der Waals surface area (Å²) in [5.41, 5.74) is 4.04. The van der Waals surface area contributed by atoms with E-state index in [0.717, 1.165) is 41.0 Å². The number of likely N-dealkylation sites (tertiary alicyclic amines) is 1. The van der Waals surface area contributed by atoms with Gasteiger partial charge in [-0.15, -0.1) is 0 Å². The number of aromatic amines is 1. The van der Waals surface area contributed by atoms with Crippen molar-refractivity contribution in [1.29, 1.82) is 0 Å². The predicted octanol–water partition coefficient (Wildman–Crippen LogP) is 3.95. The first-order valence-electron chi connectivity index (χ1n) is 10.6. The molecule has 4 aromatic rings. The molecule has 1 aromatic carbocycles. The topological polar surface area (TPSA) is 70.2 Å². The highest BCUT2D eigenvalue weighted by Crippen LogP contribution is 2.26. The summed E-state index contributed by atoms with van der Waals surface area (Å²) in [6, 6.07) is 14.5. The van der Waals surface area contributed by atoms with Crippen LogP contribution >= 0.6 is 0 Å². The number of H-pyrrole nitrogens is 1. The number of hydrogen-bond donors (Lipinski definition) is 1. The van der Waals surface area contributed by atoms with Crippen LogP contribution in [0.4, 0.5) is 0 Å². The lowest BCUT2D eigenvalue weighted by molar-refractivity contribution is 0.234. The van der Waals surface area contributed by atoms with E-state index in [4.69, 9.17) is 4.74 Å². The molecule has 7 heteroatoms. The Labute approximate surface area is 181 Å². The number of likely N-dealkylation sites (N-methyl/N-ethyl adjacent to an activating group) is 2. The zero-order chi connectivity index (χ0) is 21.2. The van der Waals surface area contributed by atoms with Gasteiger partial charge in [-0.2, -0.15) is 5.10 Å². The summed E-state index contributed by atoms with van der Waals surface area (Å²) in [7, 11) is 4.39. The second-order valence-electron chi connectivity index (χ2n) is 8.28. The number of rotatable bonds is 6. The molecule has 0 saturated carbocycles. The number of ether oxygens (including phenoxy) is 1. The van der Waals surface area contributed by atoms with Crippen molar-refractivity contribution in [3.8, 4) is 22.9 Å². The van der Waals surface area contributed by atoms with E-state index in [9.17, 15) is 0 Å². The summed E-state index contributed by atoms with van der Waals surface area (Å²) in [4.78, 5) is 13.9. The zero-order valence-electron chi connectivity index (χ0n) is 17.8. The summed E-state index contributed by atoms with van der Waals surface area (Å²) in [6.07, 6.45) is 6.69. The minimum Gasteiger partial charge on any atom is -0.439 e. The molecule has 1 N–H and O–H groups in total. The Kier molecular flexibility index (Phi) is 5.36. The molecular weight excluding hydrogens is 388 g/mol. The molecule has 1 unspecified atom stereocenters. The predicted molar refractivity (Wildman–Crippen MR) is 121 cm³/mol. The fraction of sp³-hybridized carbons (Fsp3) is 0.292. The van der Waals surface area contributed by atoms with Gasteiger partial charge in [0.1, 0.15) is 5.75 Å². The van der Waals surface area contributed by atoms with E-state index in [1.165, 1.54) is 18.5 Å². The number of benzene rings is 1. The molecular formula is C24H26N6O. The number of fused-ring (bicyclic) bond motifs is 1. The molecule has 1 atom stereocenters. The van der Waals surface area contributed by atoms with Crippen molar-refractivity contribution in [2.45, 2.75) is 19.0 Å². The van der Waals surface area contributed by atoms with E-state index >= 15 is 0 Å². The Balaban J connectivity index is 1.27. The first-order valence-corrected chi connectivity index (χ1v) is 10.6. The van der Waals surface area contributed by atoms with Crippen LogP contribution < -0.4 is 4.74 Å². The zero-order valence-corrected chi connectivity index (χ0v) is 17.8. The molecule has 0 aliphatic carbocycles. The molecule has 7 nitrogen and oxygen atoms in total. The van der Waals surface area contributed by atoms with E-state index in [1.54, 1.807) is 12.4 Å². The van der Waals surface area contributed by atoms with E-state index in [-0.39, 0.29) is 0 Å². The maximum Gasteiger partial charge on any atom is 0.219 e. The summed E-state index contributed by atoms with van der Waals surface area (Å²) in [5.74, 6) is 1.27. The lowest BCUT2D eigenvalue weighted by Gasteiger charge is -2.24. The van der Waals surface area contributed by atoms with Gasteiger partial charge in [0, 0.05) is 60.8 Å². The van der Waals surface area contributed by atoms with Gasteiger partial charge in [0.15, 0.2) is 0 Å². The number of aromatic nitrogens is 4. The Morgan fingerprint density at radius 2 is 2.06 bits per heavy atom. The quantitative estimate of drug-likeness (QED) is 0.515. The lowest BCUT2D eigenvalue weighted by atomic mass is 10.1. The number of nitrogens with zero attached hydrogens (tertiary/aromatic N) is 5. The van der Waals surface area contributed by atoms with Crippen LogP contribution in [0.15, 0.2) is 61.1 Å². The molecule has 1 saturated heterocycles. The molecule has 1 fully saturated rings. The van der Waals surface area contributed by atoms with Crippen molar-refractivity contribution in [1.82, 2.24) is 30.0 Å². The molecule has 158 valence electrons. The second-order valence-corrected chi connectivity index (χ2v) is 8.28. The van der Waals surface area contributed by atoms with Crippen molar-refractivity contribution < 1.29 is 4.74 Å². The molecule has 5 rings (SSSR count). The number of hydrogen-bond acceptors (Lipinski definition) is 6. The van der Waals surface area contributed by atoms with Crippen molar-refractivity contribution in [3.05, 3.63) is 66.6 Å². The maximum atomic E-state index is 5.94. The lowest BCUT2D eigenvalue weighted by Crippen LogP contribution is -2.33. The molecule has 0 spiro atoms. The van der Waals surface area contributed by atoms with Crippen LogP contribution in [0.1, 0.15) is 12.0 Å². The molecule has 1 aliphatic rings. The average Bonchev–Trinajstić information content (AvgIpc) is 3.46. The standard InChI is InChI=1S/C24H26N6O/c1-29-10-8-20(16-29)30(2)15-17-11-18-3-5-21(12-23(18)25-13-17)31-24-6-4-19(14-26-24)22-7-9-27-28-22/h3-7,9,11-14,20H,8,10,15-16H2,1-2H3,(H,27,28). The highest BCUT2D eigenvalue weighted by atomic mass is 16.5. The molecule has 31 heavy (non-hydrogen) atoms. The van der Waals surface area contributed by atoms with E-state index < -0.39 is 0 Å². The highest BCUT2D eigenvalue weighted by Gasteiger charge is 2.23.